The first-order valence-corrected chi connectivity index (χ1v) is 7.25. The number of aromatic nitrogens is 1. The highest BCUT2D eigenvalue weighted by Crippen LogP contribution is 2.15. The second-order valence-electron chi connectivity index (χ2n) is 5.07. The van der Waals surface area contributed by atoms with Crippen molar-refractivity contribution in [2.24, 2.45) is 5.10 Å². The van der Waals surface area contributed by atoms with E-state index in [2.05, 4.69) is 15.5 Å². The minimum absolute atomic E-state index is 0.0834. The van der Waals surface area contributed by atoms with Gasteiger partial charge in [0.2, 0.25) is 5.91 Å². The van der Waals surface area contributed by atoms with E-state index in [9.17, 15) is 4.79 Å². The lowest BCUT2D eigenvalue weighted by atomic mass is 10.1. The summed E-state index contributed by atoms with van der Waals surface area (Å²) in [6.07, 6.45) is 4.69. The molecule has 22 heavy (non-hydrogen) atoms. The number of nitrogens with zero attached hydrogens (tertiary/aromatic N) is 1. The molecule has 110 valence electrons. The number of hydrogen-bond donors (Lipinski definition) is 2. The van der Waals surface area contributed by atoms with Gasteiger partial charge in [-0.15, -0.1) is 0 Å². The monoisotopic (exact) mass is 291 g/mol. The largest absolute Gasteiger partial charge is 0.361 e. The van der Waals surface area contributed by atoms with E-state index in [4.69, 9.17) is 0 Å². The van der Waals surface area contributed by atoms with Crippen LogP contribution in [0.1, 0.15) is 17.5 Å². The highest BCUT2D eigenvalue weighted by Gasteiger charge is 2.02. The average molecular weight is 291 g/mol. The lowest BCUT2D eigenvalue weighted by molar-refractivity contribution is -0.121. The number of aryl methyl sites for hydroxylation is 1. The number of H-pyrrole nitrogens is 1. The van der Waals surface area contributed by atoms with Gasteiger partial charge in [-0.05, 0) is 18.1 Å². The fourth-order valence-electron chi connectivity index (χ4n) is 2.33. The van der Waals surface area contributed by atoms with Crippen LogP contribution in [0.3, 0.4) is 0 Å². The minimum atomic E-state index is -0.0834. The highest BCUT2D eigenvalue weighted by atomic mass is 16.2. The zero-order valence-electron chi connectivity index (χ0n) is 12.1. The molecule has 0 aliphatic rings. The molecule has 4 heteroatoms. The molecule has 3 rings (SSSR count). The highest BCUT2D eigenvalue weighted by molar-refractivity contribution is 5.99. The second kappa shape index (κ2) is 6.72. The van der Waals surface area contributed by atoms with Crippen molar-refractivity contribution in [2.45, 2.75) is 12.8 Å². The number of aromatic amines is 1. The predicted octanol–water partition coefficient (Wildman–Crippen LogP) is 3.25. The molecule has 0 fully saturated rings. The first-order chi connectivity index (χ1) is 10.8. The van der Waals surface area contributed by atoms with Crippen molar-refractivity contribution in [3.05, 3.63) is 71.9 Å². The molecule has 0 aliphatic carbocycles. The summed E-state index contributed by atoms with van der Waals surface area (Å²) in [5.74, 6) is -0.0834. The number of carbonyl (C=O) groups excluding carboxylic acids is 1. The van der Waals surface area contributed by atoms with Crippen LogP contribution in [0, 0.1) is 0 Å². The van der Waals surface area contributed by atoms with Gasteiger partial charge in [-0.3, -0.25) is 4.79 Å². The Morgan fingerprint density at radius 2 is 1.86 bits per heavy atom. The van der Waals surface area contributed by atoms with Crippen molar-refractivity contribution >= 4 is 23.0 Å². The van der Waals surface area contributed by atoms with Crippen LogP contribution in [0.4, 0.5) is 0 Å². The maximum Gasteiger partial charge on any atom is 0.240 e. The average Bonchev–Trinajstić information content (AvgIpc) is 2.97. The van der Waals surface area contributed by atoms with E-state index in [0.717, 1.165) is 28.5 Å². The summed E-state index contributed by atoms with van der Waals surface area (Å²) in [5.41, 5.74) is 5.74. The van der Waals surface area contributed by atoms with E-state index >= 15 is 0 Å². The van der Waals surface area contributed by atoms with Gasteiger partial charge in [0.15, 0.2) is 0 Å². The Labute approximate surface area is 128 Å². The first kappa shape index (κ1) is 14.1. The number of hydrazone groups is 1. The number of carbonyl (C=O) groups is 1. The Hall–Kier alpha value is -2.88. The molecule has 0 bridgehead atoms. The zero-order chi connectivity index (χ0) is 15.2. The number of hydrogen-bond acceptors (Lipinski definition) is 2. The molecule has 0 unspecified atom stereocenters. The van der Waals surface area contributed by atoms with Gasteiger partial charge in [0.05, 0.1) is 6.21 Å². The maximum atomic E-state index is 11.8. The number of rotatable bonds is 5. The molecule has 1 amide bonds. The number of benzene rings is 2. The third-order valence-electron chi connectivity index (χ3n) is 3.50. The second-order valence-corrected chi connectivity index (χ2v) is 5.07. The van der Waals surface area contributed by atoms with Crippen molar-refractivity contribution in [3.63, 3.8) is 0 Å². The molecule has 1 aromatic heterocycles. The molecule has 0 saturated heterocycles. The van der Waals surface area contributed by atoms with Gasteiger partial charge in [0, 0.05) is 29.1 Å². The lowest BCUT2D eigenvalue weighted by Gasteiger charge is -2.00. The van der Waals surface area contributed by atoms with Crippen LogP contribution in [0.2, 0.25) is 0 Å². The topological polar surface area (TPSA) is 57.2 Å². The third-order valence-corrected chi connectivity index (χ3v) is 3.50. The van der Waals surface area contributed by atoms with Crippen LogP contribution in [-0.4, -0.2) is 17.1 Å². The van der Waals surface area contributed by atoms with Crippen LogP contribution in [0.25, 0.3) is 10.9 Å². The van der Waals surface area contributed by atoms with E-state index < -0.39 is 0 Å². The summed E-state index contributed by atoms with van der Waals surface area (Å²) in [6.45, 7) is 0. The van der Waals surface area contributed by atoms with Crippen LogP contribution in [-0.2, 0) is 11.2 Å². The Bertz CT molecular complexity index is 790. The summed E-state index contributed by atoms with van der Waals surface area (Å²) in [4.78, 5) is 14.9. The number of para-hydroxylation sites is 1. The maximum absolute atomic E-state index is 11.8. The van der Waals surface area contributed by atoms with Gasteiger partial charge in [-0.1, -0.05) is 48.5 Å². The van der Waals surface area contributed by atoms with Crippen molar-refractivity contribution in [1.29, 1.82) is 0 Å². The Balaban J connectivity index is 1.54. The normalized spacial score (nSPS) is 11.1. The van der Waals surface area contributed by atoms with E-state index in [1.54, 1.807) is 6.21 Å². The van der Waals surface area contributed by atoms with Gasteiger partial charge in [-0.2, -0.15) is 5.10 Å². The number of nitrogens with one attached hydrogen (secondary N) is 2. The van der Waals surface area contributed by atoms with Crippen molar-refractivity contribution in [1.82, 2.24) is 10.4 Å². The SMILES string of the molecule is O=C(CCc1ccccc1)N/N=C/c1c[nH]c2ccccc12. The van der Waals surface area contributed by atoms with Crippen LogP contribution in [0.5, 0.6) is 0 Å². The standard InChI is InChI=1S/C18H17N3O/c22-18(11-10-14-6-2-1-3-7-14)21-20-13-15-12-19-17-9-5-4-8-16(15)17/h1-9,12-13,19H,10-11H2,(H,21,22)/b20-13+. The first-order valence-electron chi connectivity index (χ1n) is 7.25. The van der Waals surface area contributed by atoms with Crippen molar-refractivity contribution in [2.75, 3.05) is 0 Å². The molecule has 2 N–H and O–H groups in total. The molecule has 0 atom stereocenters. The van der Waals surface area contributed by atoms with Crippen LogP contribution < -0.4 is 5.43 Å². The molecule has 0 saturated carbocycles. The number of fused-ring (bicyclic) bond motifs is 1. The Morgan fingerprint density at radius 1 is 1.09 bits per heavy atom. The van der Waals surface area contributed by atoms with E-state index in [1.165, 1.54) is 0 Å². The van der Waals surface area contributed by atoms with Crippen molar-refractivity contribution in [3.8, 4) is 0 Å². The van der Waals surface area contributed by atoms with Gasteiger partial charge in [0.25, 0.3) is 0 Å². The van der Waals surface area contributed by atoms with Gasteiger partial charge >= 0.3 is 0 Å². The smallest absolute Gasteiger partial charge is 0.240 e. The summed E-state index contributed by atoms with van der Waals surface area (Å²) in [6, 6.07) is 17.9. The molecule has 4 nitrogen and oxygen atoms in total. The van der Waals surface area contributed by atoms with E-state index in [-0.39, 0.29) is 5.91 Å². The molecule has 0 radical (unpaired) electrons. The molecular weight excluding hydrogens is 274 g/mol. The van der Waals surface area contributed by atoms with E-state index in [0.29, 0.717) is 6.42 Å². The summed E-state index contributed by atoms with van der Waals surface area (Å²) in [7, 11) is 0. The van der Waals surface area contributed by atoms with Crippen LogP contribution >= 0.6 is 0 Å². The molecule has 0 spiro atoms. The molecule has 2 aromatic carbocycles. The summed E-state index contributed by atoms with van der Waals surface area (Å²) >= 11 is 0. The molecule has 0 aliphatic heterocycles. The van der Waals surface area contributed by atoms with Gasteiger partial charge < -0.3 is 4.98 Å². The van der Waals surface area contributed by atoms with E-state index in [1.807, 2.05) is 60.8 Å². The molecule has 3 aromatic rings. The summed E-state index contributed by atoms with van der Waals surface area (Å²) in [5, 5.41) is 5.12. The zero-order valence-corrected chi connectivity index (χ0v) is 12.1. The molecular formula is C18H17N3O. The fraction of sp³-hybridized carbons (Fsp3) is 0.111. The predicted molar refractivity (Wildman–Crippen MR) is 88.8 cm³/mol. The Kier molecular flexibility index (Phi) is 4.30. The minimum Gasteiger partial charge on any atom is -0.361 e. The quantitative estimate of drug-likeness (QED) is 0.550. The van der Waals surface area contributed by atoms with Gasteiger partial charge in [-0.25, -0.2) is 5.43 Å². The lowest BCUT2D eigenvalue weighted by Crippen LogP contribution is -2.17. The van der Waals surface area contributed by atoms with Gasteiger partial charge in [0.1, 0.15) is 0 Å². The number of amides is 1. The van der Waals surface area contributed by atoms with Crippen molar-refractivity contribution < 1.29 is 4.79 Å². The summed E-state index contributed by atoms with van der Waals surface area (Å²) < 4.78 is 0. The Morgan fingerprint density at radius 3 is 2.73 bits per heavy atom. The fourth-order valence-corrected chi connectivity index (χ4v) is 2.33. The third kappa shape index (κ3) is 3.41. The van der Waals surface area contributed by atoms with Crippen LogP contribution in [0.15, 0.2) is 65.9 Å². The molecule has 1 heterocycles.